The summed E-state index contributed by atoms with van der Waals surface area (Å²) in [5.41, 5.74) is 0.993. The van der Waals surface area contributed by atoms with E-state index in [0.29, 0.717) is 6.54 Å². The van der Waals surface area contributed by atoms with Gasteiger partial charge in [-0.2, -0.15) is 0 Å². The van der Waals surface area contributed by atoms with Crippen LogP contribution >= 0.6 is 11.3 Å². The number of para-hydroxylation sites is 1. The Kier molecular flexibility index (Phi) is 5.88. The van der Waals surface area contributed by atoms with Gasteiger partial charge in [0.15, 0.2) is 5.13 Å². The van der Waals surface area contributed by atoms with E-state index in [1.54, 1.807) is 18.4 Å². The average Bonchev–Trinajstić information content (AvgIpc) is 3.17. The van der Waals surface area contributed by atoms with E-state index in [2.05, 4.69) is 20.1 Å². The van der Waals surface area contributed by atoms with Gasteiger partial charge in [-0.25, -0.2) is 4.98 Å². The number of nitrogens with one attached hydrogen (secondary N) is 1. The standard InChI is InChI=1S/C18H24N4O2S/c1-14(15-5-3-4-6-16(15)24-2)20-17(23)13-21-8-10-22(11-9-21)18-19-7-12-25-18/h3-7,12,14H,8-11,13H2,1-2H3,(H,20,23). The topological polar surface area (TPSA) is 57.7 Å². The zero-order valence-electron chi connectivity index (χ0n) is 14.6. The molecule has 1 amide bonds. The van der Waals surface area contributed by atoms with Gasteiger partial charge in [-0.3, -0.25) is 9.69 Å². The first kappa shape index (κ1) is 17.7. The van der Waals surface area contributed by atoms with Crippen molar-refractivity contribution in [3.05, 3.63) is 41.4 Å². The van der Waals surface area contributed by atoms with Gasteiger partial charge < -0.3 is 15.0 Å². The van der Waals surface area contributed by atoms with Crippen LogP contribution in [0.2, 0.25) is 0 Å². The molecule has 1 unspecified atom stereocenters. The summed E-state index contributed by atoms with van der Waals surface area (Å²) in [5, 5.41) is 6.13. The Labute approximate surface area is 152 Å². The van der Waals surface area contributed by atoms with Gasteiger partial charge in [-0.05, 0) is 13.0 Å². The van der Waals surface area contributed by atoms with Gasteiger partial charge in [0, 0.05) is 43.3 Å². The van der Waals surface area contributed by atoms with Gasteiger partial charge in [0.1, 0.15) is 5.75 Å². The fraction of sp³-hybridized carbons (Fsp3) is 0.444. The minimum absolute atomic E-state index is 0.0427. The lowest BCUT2D eigenvalue weighted by atomic mass is 10.1. The second-order valence-corrected chi connectivity index (χ2v) is 6.98. The lowest BCUT2D eigenvalue weighted by Gasteiger charge is -2.34. The quantitative estimate of drug-likeness (QED) is 0.855. The molecule has 1 fully saturated rings. The molecule has 1 saturated heterocycles. The number of aromatic nitrogens is 1. The summed E-state index contributed by atoms with van der Waals surface area (Å²) in [6, 6.07) is 7.70. The summed E-state index contributed by atoms with van der Waals surface area (Å²) in [5.74, 6) is 0.841. The molecule has 0 radical (unpaired) electrons. The molecule has 0 aliphatic carbocycles. The summed E-state index contributed by atoms with van der Waals surface area (Å²) < 4.78 is 5.37. The second kappa shape index (κ2) is 8.31. The van der Waals surface area contributed by atoms with E-state index >= 15 is 0 Å². The Hall–Kier alpha value is -2.12. The number of amides is 1. The van der Waals surface area contributed by atoms with E-state index in [9.17, 15) is 4.79 Å². The lowest BCUT2D eigenvalue weighted by molar-refractivity contribution is -0.123. The maximum Gasteiger partial charge on any atom is 0.234 e. The van der Waals surface area contributed by atoms with Crippen molar-refractivity contribution in [3.8, 4) is 5.75 Å². The second-order valence-electron chi connectivity index (χ2n) is 6.11. The van der Waals surface area contributed by atoms with Crippen LogP contribution in [0.5, 0.6) is 5.75 Å². The average molecular weight is 360 g/mol. The van der Waals surface area contributed by atoms with Crippen LogP contribution in [0.4, 0.5) is 5.13 Å². The van der Waals surface area contributed by atoms with Crippen LogP contribution in [-0.2, 0) is 4.79 Å². The Bertz CT molecular complexity index is 684. The molecule has 6 nitrogen and oxygen atoms in total. The third-order valence-corrected chi connectivity index (χ3v) is 5.24. The number of anilines is 1. The predicted octanol–water partition coefficient (Wildman–Crippen LogP) is 2.15. The first-order valence-electron chi connectivity index (χ1n) is 8.46. The molecule has 1 atom stereocenters. The van der Waals surface area contributed by atoms with Crippen molar-refractivity contribution < 1.29 is 9.53 Å². The molecule has 0 bridgehead atoms. The van der Waals surface area contributed by atoms with Gasteiger partial charge in [0.05, 0.1) is 19.7 Å². The minimum atomic E-state index is -0.0831. The lowest BCUT2D eigenvalue weighted by Crippen LogP contribution is -2.49. The molecular weight excluding hydrogens is 336 g/mol. The number of hydrogen-bond donors (Lipinski definition) is 1. The first-order chi connectivity index (χ1) is 12.2. The van der Waals surface area contributed by atoms with E-state index in [1.165, 1.54) is 0 Å². The van der Waals surface area contributed by atoms with Crippen molar-refractivity contribution >= 4 is 22.4 Å². The van der Waals surface area contributed by atoms with Gasteiger partial charge >= 0.3 is 0 Å². The molecule has 0 spiro atoms. The number of hydrogen-bond acceptors (Lipinski definition) is 6. The molecule has 1 N–H and O–H groups in total. The molecule has 1 aliphatic rings. The van der Waals surface area contributed by atoms with Crippen LogP contribution in [-0.4, -0.2) is 55.6 Å². The number of ether oxygens (including phenoxy) is 1. The highest BCUT2D eigenvalue weighted by molar-refractivity contribution is 7.13. The summed E-state index contributed by atoms with van der Waals surface area (Å²) in [6.07, 6.45) is 1.83. The van der Waals surface area contributed by atoms with Crippen molar-refractivity contribution in [2.45, 2.75) is 13.0 Å². The number of methoxy groups -OCH3 is 1. The van der Waals surface area contributed by atoms with Crippen LogP contribution < -0.4 is 15.0 Å². The Morgan fingerprint density at radius 1 is 1.32 bits per heavy atom. The molecule has 1 aromatic carbocycles. The van der Waals surface area contributed by atoms with Gasteiger partial charge in [-0.1, -0.05) is 18.2 Å². The normalized spacial score (nSPS) is 16.5. The maximum absolute atomic E-state index is 12.4. The Balaban J connectivity index is 1.48. The van der Waals surface area contributed by atoms with Crippen LogP contribution in [0.15, 0.2) is 35.8 Å². The van der Waals surface area contributed by atoms with E-state index < -0.39 is 0 Å². The fourth-order valence-corrected chi connectivity index (χ4v) is 3.76. The van der Waals surface area contributed by atoms with E-state index in [0.717, 1.165) is 42.6 Å². The monoisotopic (exact) mass is 360 g/mol. The van der Waals surface area contributed by atoms with E-state index in [4.69, 9.17) is 4.74 Å². The van der Waals surface area contributed by atoms with Crippen LogP contribution in [0.1, 0.15) is 18.5 Å². The van der Waals surface area contributed by atoms with Crippen LogP contribution in [0.3, 0.4) is 0 Å². The number of nitrogens with zero attached hydrogens (tertiary/aromatic N) is 3. The van der Waals surface area contributed by atoms with Crippen LogP contribution in [0, 0.1) is 0 Å². The van der Waals surface area contributed by atoms with Crippen molar-refractivity contribution in [3.63, 3.8) is 0 Å². The fourth-order valence-electron chi connectivity index (χ4n) is 3.06. The molecule has 1 aliphatic heterocycles. The SMILES string of the molecule is COc1ccccc1C(C)NC(=O)CN1CCN(c2nccs2)CC1. The molecule has 7 heteroatoms. The van der Waals surface area contributed by atoms with Gasteiger partial charge in [-0.15, -0.1) is 11.3 Å². The smallest absolute Gasteiger partial charge is 0.234 e. The van der Waals surface area contributed by atoms with Crippen molar-refractivity contribution in [2.24, 2.45) is 0 Å². The van der Waals surface area contributed by atoms with Crippen molar-refractivity contribution in [1.82, 2.24) is 15.2 Å². The number of carbonyl (C=O) groups is 1. The molecule has 1 aromatic heterocycles. The number of thiazole rings is 1. The van der Waals surface area contributed by atoms with Crippen molar-refractivity contribution in [1.29, 1.82) is 0 Å². The third-order valence-electron chi connectivity index (χ3n) is 4.41. The van der Waals surface area contributed by atoms with Gasteiger partial charge in [0.25, 0.3) is 0 Å². The highest BCUT2D eigenvalue weighted by Crippen LogP contribution is 2.24. The predicted molar refractivity (Wildman–Crippen MR) is 100 cm³/mol. The molecule has 3 rings (SSSR count). The zero-order chi connectivity index (χ0) is 17.6. The largest absolute Gasteiger partial charge is 0.496 e. The summed E-state index contributed by atoms with van der Waals surface area (Å²) in [7, 11) is 1.65. The van der Waals surface area contributed by atoms with Gasteiger partial charge in [0.2, 0.25) is 5.91 Å². The number of benzene rings is 1. The summed E-state index contributed by atoms with van der Waals surface area (Å²) in [4.78, 5) is 21.2. The third kappa shape index (κ3) is 4.49. The Morgan fingerprint density at radius 3 is 2.76 bits per heavy atom. The Morgan fingerprint density at radius 2 is 2.08 bits per heavy atom. The maximum atomic E-state index is 12.4. The number of piperazine rings is 1. The molecule has 134 valence electrons. The number of carbonyl (C=O) groups excluding carboxylic acids is 1. The van der Waals surface area contributed by atoms with E-state index in [-0.39, 0.29) is 11.9 Å². The summed E-state index contributed by atoms with van der Waals surface area (Å²) in [6.45, 7) is 5.96. The highest BCUT2D eigenvalue weighted by atomic mass is 32.1. The first-order valence-corrected chi connectivity index (χ1v) is 9.34. The van der Waals surface area contributed by atoms with Crippen LogP contribution in [0.25, 0.3) is 0 Å². The number of rotatable bonds is 6. The molecular formula is C18H24N4O2S. The summed E-state index contributed by atoms with van der Waals surface area (Å²) >= 11 is 1.66. The minimum Gasteiger partial charge on any atom is -0.496 e. The highest BCUT2D eigenvalue weighted by Gasteiger charge is 2.21. The zero-order valence-corrected chi connectivity index (χ0v) is 15.5. The molecule has 2 heterocycles. The van der Waals surface area contributed by atoms with E-state index in [1.807, 2.05) is 42.8 Å². The molecule has 2 aromatic rings. The van der Waals surface area contributed by atoms with Crippen molar-refractivity contribution in [2.75, 3.05) is 44.7 Å². The molecule has 25 heavy (non-hydrogen) atoms. The molecule has 0 saturated carbocycles.